The lowest BCUT2D eigenvalue weighted by Gasteiger charge is -2.18. The number of unbranched alkanes of at least 4 members (excludes halogenated alkanes) is 39. The van der Waals surface area contributed by atoms with Crippen molar-refractivity contribution in [3.8, 4) is 0 Å². The van der Waals surface area contributed by atoms with E-state index in [4.69, 9.17) is 14.2 Å². The lowest BCUT2D eigenvalue weighted by molar-refractivity contribution is -0.166. The highest BCUT2D eigenvalue weighted by atomic mass is 16.6. The summed E-state index contributed by atoms with van der Waals surface area (Å²) in [6.45, 7) is 6.52. The van der Waals surface area contributed by atoms with Gasteiger partial charge < -0.3 is 14.2 Å². The highest BCUT2D eigenvalue weighted by molar-refractivity contribution is 5.71. The molecule has 0 radical (unpaired) electrons. The highest BCUT2D eigenvalue weighted by Gasteiger charge is 2.19. The first-order valence-corrected chi connectivity index (χ1v) is 31.6. The van der Waals surface area contributed by atoms with Crippen molar-refractivity contribution in [1.82, 2.24) is 0 Å². The van der Waals surface area contributed by atoms with Crippen LogP contribution in [0.25, 0.3) is 0 Å². The minimum atomic E-state index is -0.798. The zero-order valence-corrected chi connectivity index (χ0v) is 48.2. The first-order valence-electron chi connectivity index (χ1n) is 31.6. The number of carbonyl (C=O) groups is 3. The van der Waals surface area contributed by atoms with Gasteiger partial charge in [-0.15, -0.1) is 0 Å². The number of allylic oxidation sites excluding steroid dienone is 8. The topological polar surface area (TPSA) is 78.9 Å². The van der Waals surface area contributed by atoms with Crippen LogP contribution in [0.2, 0.25) is 0 Å². The van der Waals surface area contributed by atoms with Crippen LogP contribution in [-0.2, 0) is 28.6 Å². The molecule has 0 fully saturated rings. The maximum atomic E-state index is 12.9. The number of esters is 3. The molecule has 0 aromatic carbocycles. The average Bonchev–Trinajstić information content (AvgIpc) is 3.38. The third-order valence-corrected chi connectivity index (χ3v) is 14.1. The van der Waals surface area contributed by atoms with Crippen molar-refractivity contribution in [2.75, 3.05) is 13.2 Å². The van der Waals surface area contributed by atoms with Crippen LogP contribution in [0.3, 0.4) is 0 Å². The molecule has 0 bridgehead atoms. The lowest BCUT2D eigenvalue weighted by Crippen LogP contribution is -2.30. The highest BCUT2D eigenvalue weighted by Crippen LogP contribution is 2.18. The van der Waals surface area contributed by atoms with Gasteiger partial charge in [-0.2, -0.15) is 0 Å². The van der Waals surface area contributed by atoms with E-state index in [1.807, 2.05) is 6.08 Å². The van der Waals surface area contributed by atoms with Crippen molar-refractivity contribution < 1.29 is 28.6 Å². The molecule has 0 spiro atoms. The summed E-state index contributed by atoms with van der Waals surface area (Å²) in [5.41, 5.74) is 0. The van der Waals surface area contributed by atoms with E-state index in [1.165, 1.54) is 225 Å². The Morgan fingerprint density at radius 2 is 0.542 bits per heavy atom. The Kier molecular flexibility index (Phi) is 58.7. The van der Waals surface area contributed by atoms with Gasteiger partial charge in [0.15, 0.2) is 6.10 Å². The minimum absolute atomic E-state index is 0.0901. The number of hydrogen-bond donors (Lipinski definition) is 0. The third kappa shape index (κ3) is 58.3. The molecule has 6 heteroatoms. The number of rotatable bonds is 58. The Morgan fingerprint density at radius 1 is 0.292 bits per heavy atom. The van der Waals surface area contributed by atoms with Crippen molar-refractivity contribution in [3.05, 3.63) is 48.6 Å². The monoisotopic (exact) mass is 1010 g/mol. The molecule has 6 nitrogen and oxygen atoms in total. The quantitative estimate of drug-likeness (QED) is 0.0261. The van der Waals surface area contributed by atoms with Crippen molar-refractivity contribution in [1.29, 1.82) is 0 Å². The van der Waals surface area contributed by atoms with Gasteiger partial charge in [-0.3, -0.25) is 14.4 Å². The molecule has 0 aliphatic rings. The average molecular weight is 1010 g/mol. The third-order valence-electron chi connectivity index (χ3n) is 14.1. The Hall–Kier alpha value is -2.63. The van der Waals surface area contributed by atoms with Gasteiger partial charge in [-0.05, 0) is 44.9 Å². The molecule has 1 atom stereocenters. The molecule has 1 unspecified atom stereocenters. The Morgan fingerprint density at radius 3 is 0.847 bits per heavy atom. The maximum absolute atomic E-state index is 12.9. The van der Waals surface area contributed by atoms with Gasteiger partial charge >= 0.3 is 17.9 Å². The second-order valence-corrected chi connectivity index (χ2v) is 21.3. The molecule has 0 aliphatic carbocycles. The van der Waals surface area contributed by atoms with E-state index in [2.05, 4.69) is 63.3 Å². The fourth-order valence-corrected chi connectivity index (χ4v) is 9.40. The Labute approximate surface area is 448 Å². The summed E-state index contributed by atoms with van der Waals surface area (Å²) in [5, 5.41) is 0. The number of ether oxygens (including phenoxy) is 3. The summed E-state index contributed by atoms with van der Waals surface area (Å²) in [7, 11) is 0. The predicted molar refractivity (Wildman–Crippen MR) is 312 cm³/mol. The molecule has 0 saturated heterocycles. The fraction of sp³-hybridized carbons (Fsp3) is 0.833. The van der Waals surface area contributed by atoms with E-state index < -0.39 is 6.10 Å². The summed E-state index contributed by atoms with van der Waals surface area (Å²) in [5.74, 6) is -0.954. The summed E-state index contributed by atoms with van der Waals surface area (Å²) in [6.07, 6.45) is 75.7. The first-order chi connectivity index (χ1) is 35.5. The van der Waals surface area contributed by atoms with E-state index in [0.29, 0.717) is 19.3 Å². The van der Waals surface area contributed by atoms with Crippen molar-refractivity contribution >= 4 is 17.9 Å². The summed E-state index contributed by atoms with van der Waals surface area (Å²) < 4.78 is 16.8. The second-order valence-electron chi connectivity index (χ2n) is 21.3. The lowest BCUT2D eigenvalue weighted by atomic mass is 10.0. The molecule has 420 valence electrons. The molecule has 0 saturated carbocycles. The summed E-state index contributed by atoms with van der Waals surface area (Å²) in [6, 6.07) is 0. The SMILES string of the molecule is CC/C=C\C/C=C\C/C=C\C/C=C\CCC(=O)OCC(COC(=O)CCCCCCCCCCCCCCCCCCCCCCCCCC)OC(=O)CCCCCCCCCCCCCCCCCCC. The fourth-order valence-electron chi connectivity index (χ4n) is 9.40. The van der Waals surface area contributed by atoms with Crippen LogP contribution in [0.5, 0.6) is 0 Å². The van der Waals surface area contributed by atoms with Crippen LogP contribution in [0.1, 0.15) is 335 Å². The molecule has 0 aromatic rings. The van der Waals surface area contributed by atoms with Gasteiger partial charge in [0, 0.05) is 19.3 Å². The van der Waals surface area contributed by atoms with E-state index in [1.54, 1.807) is 0 Å². The molecule has 0 N–H and O–H groups in total. The van der Waals surface area contributed by atoms with Crippen LogP contribution in [0, 0.1) is 0 Å². The van der Waals surface area contributed by atoms with Crippen molar-refractivity contribution in [3.63, 3.8) is 0 Å². The Balaban J connectivity index is 4.28. The predicted octanol–water partition coefficient (Wildman–Crippen LogP) is 21.4. The molecule has 0 amide bonds. The number of carbonyl (C=O) groups excluding carboxylic acids is 3. The first kappa shape index (κ1) is 69.4. The number of hydrogen-bond acceptors (Lipinski definition) is 6. The molecule has 0 rings (SSSR count). The van der Waals surface area contributed by atoms with Crippen LogP contribution in [0.15, 0.2) is 48.6 Å². The van der Waals surface area contributed by atoms with E-state index in [-0.39, 0.29) is 37.5 Å². The molecule has 0 aliphatic heterocycles. The Bertz CT molecular complexity index is 1250. The zero-order chi connectivity index (χ0) is 52.2. The van der Waals surface area contributed by atoms with Crippen LogP contribution >= 0.6 is 0 Å². The smallest absolute Gasteiger partial charge is 0.306 e. The molecular formula is C66H120O6. The van der Waals surface area contributed by atoms with Crippen LogP contribution in [-0.4, -0.2) is 37.2 Å². The van der Waals surface area contributed by atoms with Gasteiger partial charge in [-0.25, -0.2) is 0 Å². The molecule has 0 aromatic heterocycles. The standard InChI is InChI=1S/C66H120O6/c1-4-7-10-13-16-19-22-25-27-29-30-31-32-33-34-35-37-38-41-44-47-50-53-56-59-65(68)71-62-63(61-70-64(67)58-55-52-49-46-43-40-24-21-18-15-12-9-6-3)72-66(69)60-57-54-51-48-45-42-39-36-28-26-23-20-17-14-11-8-5-2/h9,12,18,21,40,43,49,52,63H,4-8,10-11,13-17,19-20,22-39,41-42,44-48,50-51,53-62H2,1-3H3/b12-9-,21-18-,43-40-,52-49-. The van der Waals surface area contributed by atoms with Gasteiger partial charge in [-0.1, -0.05) is 320 Å². The minimum Gasteiger partial charge on any atom is -0.462 e. The molecular weight excluding hydrogens is 889 g/mol. The van der Waals surface area contributed by atoms with Gasteiger partial charge in [0.2, 0.25) is 0 Å². The van der Waals surface area contributed by atoms with E-state index in [9.17, 15) is 14.4 Å². The largest absolute Gasteiger partial charge is 0.462 e. The summed E-state index contributed by atoms with van der Waals surface area (Å²) in [4.78, 5) is 38.2. The van der Waals surface area contributed by atoms with Gasteiger partial charge in [0.25, 0.3) is 0 Å². The zero-order valence-electron chi connectivity index (χ0n) is 48.2. The van der Waals surface area contributed by atoms with E-state index in [0.717, 1.165) is 64.2 Å². The maximum Gasteiger partial charge on any atom is 0.306 e. The second kappa shape index (κ2) is 60.9. The van der Waals surface area contributed by atoms with Crippen molar-refractivity contribution in [2.24, 2.45) is 0 Å². The van der Waals surface area contributed by atoms with E-state index >= 15 is 0 Å². The van der Waals surface area contributed by atoms with Gasteiger partial charge in [0.05, 0.1) is 0 Å². The summed E-state index contributed by atoms with van der Waals surface area (Å²) >= 11 is 0. The van der Waals surface area contributed by atoms with Crippen LogP contribution < -0.4 is 0 Å². The molecule has 72 heavy (non-hydrogen) atoms. The van der Waals surface area contributed by atoms with Crippen LogP contribution in [0.4, 0.5) is 0 Å². The van der Waals surface area contributed by atoms with Gasteiger partial charge in [0.1, 0.15) is 13.2 Å². The molecule has 0 heterocycles. The normalized spacial score (nSPS) is 12.3. The van der Waals surface area contributed by atoms with Crippen molar-refractivity contribution in [2.45, 2.75) is 341 Å².